The SMILES string of the molecule is CC(C)C[C@H](NC(=O)[C@H](Cc1ccc(-c2cccs2)cc1)NC(=O)CNC(=O)CNC(=O)[C@H](Cc1ccc(O)cc1)NC(=O)[C@H](C)NC(=O)[C@H](C)NC(=O)[C@H](C)N)C(=O)O. The summed E-state index contributed by atoms with van der Waals surface area (Å²) in [5, 5.41) is 38.6. The van der Waals surface area contributed by atoms with Crippen LogP contribution in [0.4, 0.5) is 0 Å². The number of phenols is 1. The molecule has 3 aromatic rings. The molecule has 1 heterocycles. The highest BCUT2D eigenvalue weighted by molar-refractivity contribution is 7.13. The Bertz CT molecular complexity index is 1960. The fourth-order valence-electron chi connectivity index (χ4n) is 5.62. The maximum Gasteiger partial charge on any atom is 0.326 e. The minimum Gasteiger partial charge on any atom is -0.508 e. The second-order valence-corrected chi connectivity index (χ2v) is 15.7. The van der Waals surface area contributed by atoms with Crippen LogP contribution in [-0.2, 0) is 51.2 Å². The standard InChI is InChI=1S/C41H54N8O10S/c1-22(2)17-32(41(58)59)49-40(57)31(19-26-8-12-28(13-9-26)33-7-6-16-60-33)47-35(52)21-43-34(51)20-44-39(56)30(18-27-10-14-29(50)15-11-27)48-38(55)25(5)46-37(54)24(4)45-36(53)23(3)42/h6-16,22-25,30-32,50H,17-21,42H2,1-5H3,(H,43,51)(H,44,56)(H,45,53)(H,46,54)(H,47,52)(H,48,55)(H,49,57)(H,58,59)/t23-,24-,25-,30-,31-,32-/m0/s1. The fourth-order valence-corrected chi connectivity index (χ4v) is 6.36. The first-order chi connectivity index (χ1) is 28.3. The van der Waals surface area contributed by atoms with Crippen molar-refractivity contribution in [1.82, 2.24) is 37.2 Å². The highest BCUT2D eigenvalue weighted by Crippen LogP contribution is 2.25. The molecule has 0 saturated heterocycles. The Morgan fingerprint density at radius 3 is 1.65 bits per heavy atom. The van der Waals surface area contributed by atoms with Gasteiger partial charge in [0.2, 0.25) is 41.4 Å². The molecule has 3 rings (SSSR count). The molecular formula is C41H54N8O10S. The summed E-state index contributed by atoms with van der Waals surface area (Å²) in [5.41, 5.74) is 7.71. The molecule has 6 atom stereocenters. The van der Waals surface area contributed by atoms with E-state index < -0.39 is 96.7 Å². The predicted octanol–water partition coefficient (Wildman–Crippen LogP) is 0.0800. The largest absolute Gasteiger partial charge is 0.508 e. The Kier molecular flexibility index (Phi) is 18.7. The first-order valence-electron chi connectivity index (χ1n) is 19.3. The molecule has 7 amide bonds. The Morgan fingerprint density at radius 2 is 1.12 bits per heavy atom. The smallest absolute Gasteiger partial charge is 0.326 e. The quantitative estimate of drug-likeness (QED) is 0.0646. The van der Waals surface area contributed by atoms with E-state index in [9.17, 15) is 48.6 Å². The van der Waals surface area contributed by atoms with E-state index in [1.807, 2.05) is 43.5 Å². The van der Waals surface area contributed by atoms with Crippen LogP contribution in [0.25, 0.3) is 10.4 Å². The minimum absolute atomic E-state index is 0.0138. The molecule has 0 aliphatic heterocycles. The Hall–Kier alpha value is -6.34. The van der Waals surface area contributed by atoms with Crippen molar-refractivity contribution in [2.75, 3.05) is 13.1 Å². The molecule has 0 aliphatic carbocycles. The molecule has 0 spiro atoms. The van der Waals surface area contributed by atoms with E-state index in [0.29, 0.717) is 11.1 Å². The van der Waals surface area contributed by atoms with Crippen LogP contribution in [0.5, 0.6) is 5.75 Å². The summed E-state index contributed by atoms with van der Waals surface area (Å²) >= 11 is 1.56. The number of carboxylic acid groups (broad SMARTS) is 1. The van der Waals surface area contributed by atoms with E-state index in [4.69, 9.17) is 5.73 Å². The Labute approximate surface area is 351 Å². The zero-order valence-corrected chi connectivity index (χ0v) is 34.9. The zero-order valence-electron chi connectivity index (χ0n) is 34.1. The van der Waals surface area contributed by atoms with Gasteiger partial charge < -0.3 is 53.2 Å². The molecule has 0 aliphatic rings. The lowest BCUT2D eigenvalue weighted by molar-refractivity contribution is -0.142. The van der Waals surface area contributed by atoms with Crippen LogP contribution in [0.15, 0.2) is 66.0 Å². The van der Waals surface area contributed by atoms with Gasteiger partial charge in [-0.2, -0.15) is 0 Å². The van der Waals surface area contributed by atoms with Crippen LogP contribution in [0, 0.1) is 5.92 Å². The van der Waals surface area contributed by atoms with Crippen molar-refractivity contribution in [3.63, 3.8) is 0 Å². The van der Waals surface area contributed by atoms with Crippen LogP contribution < -0.4 is 43.0 Å². The topological polar surface area (TPSA) is 287 Å². The van der Waals surface area contributed by atoms with Gasteiger partial charge in [0, 0.05) is 17.7 Å². The van der Waals surface area contributed by atoms with Gasteiger partial charge in [-0.3, -0.25) is 33.6 Å². The fraction of sp³-hybridized carbons (Fsp3) is 0.415. The molecule has 60 heavy (non-hydrogen) atoms. The number of amides is 7. The summed E-state index contributed by atoms with van der Waals surface area (Å²) in [6.07, 6.45) is 0.0900. The number of carbonyl (C=O) groups is 8. The number of nitrogens with two attached hydrogens (primary N) is 1. The normalized spacial score (nSPS) is 13.9. The van der Waals surface area contributed by atoms with Gasteiger partial charge in [-0.05, 0) is 73.4 Å². The van der Waals surface area contributed by atoms with E-state index in [1.165, 1.54) is 45.0 Å². The minimum atomic E-state index is -1.27. The number of benzene rings is 2. The number of carboxylic acids is 1. The molecule has 0 bridgehead atoms. The first-order valence-corrected chi connectivity index (χ1v) is 20.1. The number of nitrogens with one attached hydrogen (secondary N) is 7. The van der Waals surface area contributed by atoms with E-state index in [1.54, 1.807) is 23.5 Å². The van der Waals surface area contributed by atoms with Crippen LogP contribution in [0.3, 0.4) is 0 Å². The lowest BCUT2D eigenvalue weighted by atomic mass is 10.0. The molecule has 0 fully saturated rings. The van der Waals surface area contributed by atoms with E-state index in [-0.39, 0.29) is 30.9 Å². The number of aliphatic carboxylic acids is 1. The summed E-state index contributed by atoms with van der Waals surface area (Å²) in [6, 6.07) is 10.4. The van der Waals surface area contributed by atoms with Crippen molar-refractivity contribution in [2.24, 2.45) is 11.7 Å². The number of aromatic hydroxyl groups is 1. The number of thiophene rings is 1. The molecular weight excluding hydrogens is 797 g/mol. The average molecular weight is 851 g/mol. The van der Waals surface area contributed by atoms with Gasteiger partial charge in [0.15, 0.2) is 0 Å². The first kappa shape index (κ1) is 48.0. The van der Waals surface area contributed by atoms with Gasteiger partial charge in [0.05, 0.1) is 19.1 Å². The lowest BCUT2D eigenvalue weighted by Gasteiger charge is -2.23. The van der Waals surface area contributed by atoms with Gasteiger partial charge in [0.25, 0.3) is 0 Å². The molecule has 1 aromatic heterocycles. The molecule has 324 valence electrons. The second kappa shape index (κ2) is 23.3. The number of carbonyl (C=O) groups excluding carboxylic acids is 7. The van der Waals surface area contributed by atoms with Gasteiger partial charge in [0.1, 0.15) is 36.0 Å². The van der Waals surface area contributed by atoms with Crippen molar-refractivity contribution in [1.29, 1.82) is 0 Å². The molecule has 11 N–H and O–H groups in total. The molecule has 19 heteroatoms. The van der Waals surface area contributed by atoms with Crippen molar-refractivity contribution < 1.29 is 48.6 Å². The summed E-state index contributed by atoms with van der Waals surface area (Å²) < 4.78 is 0. The molecule has 0 unspecified atom stereocenters. The van der Waals surface area contributed by atoms with Crippen LogP contribution >= 0.6 is 11.3 Å². The van der Waals surface area contributed by atoms with E-state index in [0.717, 1.165) is 10.4 Å². The van der Waals surface area contributed by atoms with Crippen LogP contribution in [0.1, 0.15) is 52.2 Å². The zero-order chi connectivity index (χ0) is 44.5. The van der Waals surface area contributed by atoms with Crippen LogP contribution in [-0.4, -0.2) is 107 Å². The maximum atomic E-state index is 13.4. The monoisotopic (exact) mass is 850 g/mol. The average Bonchev–Trinajstić information content (AvgIpc) is 3.74. The van der Waals surface area contributed by atoms with E-state index in [2.05, 4.69) is 37.2 Å². The molecule has 2 aromatic carbocycles. The summed E-state index contributed by atoms with van der Waals surface area (Å²) in [6.45, 7) is 6.63. The third-order valence-corrected chi connectivity index (χ3v) is 9.89. The summed E-state index contributed by atoms with van der Waals surface area (Å²) in [7, 11) is 0. The third kappa shape index (κ3) is 16.1. The van der Waals surface area contributed by atoms with Crippen molar-refractivity contribution >= 4 is 58.7 Å². The Morgan fingerprint density at radius 1 is 0.600 bits per heavy atom. The van der Waals surface area contributed by atoms with Gasteiger partial charge in [-0.15, -0.1) is 11.3 Å². The number of hydrogen-bond donors (Lipinski definition) is 10. The lowest BCUT2D eigenvalue weighted by Crippen LogP contribution is -2.57. The number of phenolic OH excluding ortho intramolecular Hbond substituents is 1. The highest BCUT2D eigenvalue weighted by Gasteiger charge is 2.29. The molecule has 0 saturated carbocycles. The van der Waals surface area contributed by atoms with Crippen molar-refractivity contribution in [3.8, 4) is 16.2 Å². The predicted molar refractivity (Wildman–Crippen MR) is 223 cm³/mol. The number of rotatable bonds is 22. The third-order valence-electron chi connectivity index (χ3n) is 8.97. The van der Waals surface area contributed by atoms with Crippen molar-refractivity contribution in [2.45, 2.75) is 90.1 Å². The Balaban J connectivity index is 1.63. The molecule has 0 radical (unpaired) electrons. The van der Waals surface area contributed by atoms with Gasteiger partial charge in [-0.1, -0.05) is 56.3 Å². The van der Waals surface area contributed by atoms with Gasteiger partial charge >= 0.3 is 5.97 Å². The summed E-state index contributed by atoms with van der Waals surface area (Å²) in [5.74, 6) is -6.38. The van der Waals surface area contributed by atoms with Crippen LogP contribution in [0.2, 0.25) is 0 Å². The van der Waals surface area contributed by atoms with E-state index >= 15 is 0 Å². The van der Waals surface area contributed by atoms with Gasteiger partial charge in [-0.25, -0.2) is 4.79 Å². The molecule has 18 nitrogen and oxygen atoms in total. The highest BCUT2D eigenvalue weighted by atomic mass is 32.1. The maximum absolute atomic E-state index is 13.4. The second-order valence-electron chi connectivity index (χ2n) is 14.7. The number of hydrogen-bond acceptors (Lipinski definition) is 11. The summed E-state index contributed by atoms with van der Waals surface area (Å²) in [4.78, 5) is 103. The van der Waals surface area contributed by atoms with Crippen molar-refractivity contribution in [3.05, 3.63) is 77.2 Å².